The number of Topliss-reactive ketones (excluding diaryl/α,β-unsaturated/α-hetero) is 1. The second-order valence-electron chi connectivity index (χ2n) is 4.60. The number of carbonyl (C=O) groups excluding carboxylic acids is 1. The quantitative estimate of drug-likeness (QED) is 0.550. The van der Waals surface area contributed by atoms with Gasteiger partial charge in [-0.1, -0.05) is 45.7 Å². The third-order valence-corrected chi connectivity index (χ3v) is 3.54. The monoisotopic (exact) mass is 367 g/mol. The molecule has 0 N–H and O–H groups in total. The predicted octanol–water partition coefficient (Wildman–Crippen LogP) is 3.87. The second kappa shape index (κ2) is 8.27. The van der Waals surface area contributed by atoms with Crippen molar-refractivity contribution in [1.82, 2.24) is 4.98 Å². The van der Waals surface area contributed by atoms with E-state index in [-0.39, 0.29) is 18.8 Å². The summed E-state index contributed by atoms with van der Waals surface area (Å²) in [6.45, 7) is 0.618. The normalized spacial score (nSPS) is 10.6. The van der Waals surface area contributed by atoms with E-state index in [2.05, 4.69) is 20.9 Å². The Bertz CT molecular complexity index is 619. The Labute approximate surface area is 137 Å². The van der Waals surface area contributed by atoms with Gasteiger partial charge in [0.05, 0.1) is 13.0 Å². The number of ether oxygens (including phenoxy) is 1. The van der Waals surface area contributed by atoms with E-state index in [0.29, 0.717) is 17.5 Å². The summed E-state index contributed by atoms with van der Waals surface area (Å²) in [5.41, 5.74) is 1.84. The Hall–Kier alpha value is -1.23. The summed E-state index contributed by atoms with van der Waals surface area (Å²) in [5, 5.41) is 0.399. The van der Waals surface area contributed by atoms with E-state index in [0.717, 1.165) is 10.9 Å². The van der Waals surface area contributed by atoms with Crippen LogP contribution in [0.5, 0.6) is 0 Å². The van der Waals surface area contributed by atoms with Crippen LogP contribution in [0.1, 0.15) is 11.3 Å². The third kappa shape index (κ3) is 5.96. The molecule has 0 aliphatic rings. The molecule has 0 saturated heterocycles. The maximum Gasteiger partial charge on any atom is 0.164 e. The molecule has 0 atom stereocenters. The van der Waals surface area contributed by atoms with Gasteiger partial charge in [0.1, 0.15) is 11.8 Å². The van der Waals surface area contributed by atoms with Crippen molar-refractivity contribution in [2.45, 2.75) is 12.8 Å². The zero-order chi connectivity index (χ0) is 15.1. The van der Waals surface area contributed by atoms with Crippen LogP contribution in [0.4, 0.5) is 0 Å². The summed E-state index contributed by atoms with van der Waals surface area (Å²) < 4.78 is 6.46. The molecular weight excluding hydrogens is 354 g/mol. The molecule has 21 heavy (non-hydrogen) atoms. The van der Waals surface area contributed by atoms with Gasteiger partial charge in [0.2, 0.25) is 0 Å². The Morgan fingerprint density at radius 2 is 2.05 bits per heavy atom. The molecule has 0 unspecified atom stereocenters. The van der Waals surface area contributed by atoms with Crippen molar-refractivity contribution in [2.75, 3.05) is 13.2 Å². The van der Waals surface area contributed by atoms with Crippen LogP contribution in [0.15, 0.2) is 46.9 Å². The molecule has 0 aliphatic carbocycles. The first kappa shape index (κ1) is 16.1. The van der Waals surface area contributed by atoms with Gasteiger partial charge in [0, 0.05) is 10.2 Å². The summed E-state index contributed by atoms with van der Waals surface area (Å²) >= 11 is 9.20. The molecule has 0 aliphatic heterocycles. The van der Waals surface area contributed by atoms with Crippen molar-refractivity contribution in [2.24, 2.45) is 0 Å². The number of aromatic nitrogens is 1. The predicted molar refractivity (Wildman–Crippen MR) is 86.6 cm³/mol. The number of ketones is 1. The molecule has 2 aromatic rings. The van der Waals surface area contributed by atoms with Gasteiger partial charge in [-0.2, -0.15) is 0 Å². The van der Waals surface area contributed by atoms with Crippen molar-refractivity contribution in [3.05, 3.63) is 63.3 Å². The molecule has 0 saturated carbocycles. The van der Waals surface area contributed by atoms with E-state index in [1.807, 2.05) is 24.3 Å². The van der Waals surface area contributed by atoms with E-state index >= 15 is 0 Å². The van der Waals surface area contributed by atoms with E-state index in [1.165, 1.54) is 5.56 Å². The first-order valence-electron chi connectivity index (χ1n) is 6.59. The molecule has 0 amide bonds. The summed E-state index contributed by atoms with van der Waals surface area (Å²) in [4.78, 5) is 15.9. The van der Waals surface area contributed by atoms with Crippen molar-refractivity contribution in [1.29, 1.82) is 0 Å². The zero-order valence-corrected chi connectivity index (χ0v) is 13.7. The first-order chi connectivity index (χ1) is 10.1. The summed E-state index contributed by atoms with van der Waals surface area (Å²) in [5.74, 6) is -0.000918. The van der Waals surface area contributed by atoms with E-state index in [1.54, 1.807) is 18.2 Å². The van der Waals surface area contributed by atoms with Crippen LogP contribution in [-0.4, -0.2) is 24.0 Å². The van der Waals surface area contributed by atoms with Gasteiger partial charge in [0.25, 0.3) is 0 Å². The number of hydrogen-bond donors (Lipinski definition) is 0. The zero-order valence-electron chi connectivity index (χ0n) is 11.4. The molecular formula is C16H15BrClNO2. The molecule has 110 valence electrons. The smallest absolute Gasteiger partial charge is 0.164 e. The highest BCUT2D eigenvalue weighted by atomic mass is 79.9. The minimum Gasteiger partial charge on any atom is -0.373 e. The average Bonchev–Trinajstić information content (AvgIpc) is 2.44. The highest BCUT2D eigenvalue weighted by Crippen LogP contribution is 2.12. The van der Waals surface area contributed by atoms with Crippen LogP contribution in [-0.2, 0) is 22.4 Å². The summed E-state index contributed by atoms with van der Waals surface area (Å²) in [7, 11) is 0. The molecule has 2 rings (SSSR count). The van der Waals surface area contributed by atoms with Crippen LogP contribution in [0.25, 0.3) is 0 Å². The fraction of sp³-hybridized carbons (Fsp3) is 0.250. The number of carbonyl (C=O) groups is 1. The van der Waals surface area contributed by atoms with Gasteiger partial charge in [-0.15, -0.1) is 0 Å². The molecule has 5 heteroatoms. The number of benzene rings is 1. The average molecular weight is 369 g/mol. The fourth-order valence-corrected chi connectivity index (χ4v) is 2.50. The summed E-state index contributed by atoms with van der Waals surface area (Å²) in [6.07, 6.45) is 1.03. The molecule has 1 aromatic carbocycles. The van der Waals surface area contributed by atoms with Crippen molar-refractivity contribution >= 4 is 33.3 Å². The van der Waals surface area contributed by atoms with Crippen LogP contribution in [0.2, 0.25) is 5.15 Å². The number of halogens is 2. The Morgan fingerprint density at radius 3 is 2.81 bits per heavy atom. The molecule has 0 spiro atoms. The van der Waals surface area contributed by atoms with Crippen LogP contribution >= 0.6 is 27.5 Å². The van der Waals surface area contributed by atoms with Gasteiger partial charge in [-0.3, -0.25) is 4.79 Å². The largest absolute Gasteiger partial charge is 0.373 e. The van der Waals surface area contributed by atoms with Crippen LogP contribution in [0.3, 0.4) is 0 Å². The maximum atomic E-state index is 11.8. The molecule has 0 bridgehead atoms. The van der Waals surface area contributed by atoms with Crippen molar-refractivity contribution < 1.29 is 9.53 Å². The highest BCUT2D eigenvalue weighted by Gasteiger charge is 2.06. The number of pyridine rings is 1. The Kier molecular flexibility index (Phi) is 6.36. The van der Waals surface area contributed by atoms with E-state index < -0.39 is 0 Å². The molecule has 3 nitrogen and oxygen atoms in total. The third-order valence-electron chi connectivity index (χ3n) is 2.84. The lowest BCUT2D eigenvalue weighted by Gasteiger charge is -2.05. The minimum atomic E-state index is -0.000918. The second-order valence-corrected chi connectivity index (χ2v) is 5.90. The maximum absolute atomic E-state index is 11.8. The highest BCUT2D eigenvalue weighted by molar-refractivity contribution is 9.10. The van der Waals surface area contributed by atoms with Gasteiger partial charge in [-0.25, -0.2) is 4.98 Å². The minimum absolute atomic E-state index is 0.000918. The number of rotatable bonds is 7. The van der Waals surface area contributed by atoms with E-state index in [9.17, 15) is 4.79 Å². The van der Waals surface area contributed by atoms with Crippen LogP contribution < -0.4 is 0 Å². The van der Waals surface area contributed by atoms with Crippen molar-refractivity contribution in [3.8, 4) is 0 Å². The lowest BCUT2D eigenvalue weighted by molar-refractivity contribution is -0.122. The van der Waals surface area contributed by atoms with Gasteiger partial charge < -0.3 is 4.74 Å². The molecule has 0 fully saturated rings. The topological polar surface area (TPSA) is 39.2 Å². The standard InChI is InChI=1S/C16H15BrClNO2/c17-13-4-1-3-12(9-13)7-8-21-11-15(20)10-14-5-2-6-16(18)19-14/h1-6,9H,7-8,10-11H2. The Balaban J connectivity index is 1.70. The lowest BCUT2D eigenvalue weighted by atomic mass is 10.2. The van der Waals surface area contributed by atoms with Crippen molar-refractivity contribution in [3.63, 3.8) is 0 Å². The number of nitrogens with zero attached hydrogens (tertiary/aromatic N) is 1. The van der Waals surface area contributed by atoms with Crippen LogP contribution in [0, 0.1) is 0 Å². The number of hydrogen-bond acceptors (Lipinski definition) is 3. The van der Waals surface area contributed by atoms with E-state index in [4.69, 9.17) is 16.3 Å². The van der Waals surface area contributed by atoms with Gasteiger partial charge in [-0.05, 0) is 36.2 Å². The first-order valence-corrected chi connectivity index (χ1v) is 7.76. The Morgan fingerprint density at radius 1 is 1.24 bits per heavy atom. The molecule has 1 heterocycles. The molecule has 1 aromatic heterocycles. The molecule has 0 radical (unpaired) electrons. The SMILES string of the molecule is O=C(COCCc1cccc(Br)c1)Cc1cccc(Cl)n1. The fourth-order valence-electron chi connectivity index (χ4n) is 1.87. The summed E-state index contributed by atoms with van der Waals surface area (Å²) in [6, 6.07) is 13.3. The van der Waals surface area contributed by atoms with Gasteiger partial charge >= 0.3 is 0 Å². The van der Waals surface area contributed by atoms with Gasteiger partial charge in [0.15, 0.2) is 5.78 Å². The lowest BCUT2D eigenvalue weighted by Crippen LogP contribution is -2.13.